The van der Waals surface area contributed by atoms with Crippen LogP contribution in [0.2, 0.25) is 0 Å². The topological polar surface area (TPSA) is 85.9 Å². The molecule has 2 N–H and O–H groups in total. The van der Waals surface area contributed by atoms with Gasteiger partial charge in [0.15, 0.2) is 11.4 Å². The van der Waals surface area contributed by atoms with E-state index >= 15 is 0 Å². The molecule has 0 fully saturated rings. The Morgan fingerprint density at radius 1 is 1.70 bits per heavy atom. The number of aldehydes is 1. The highest BCUT2D eigenvalue weighted by Crippen LogP contribution is 2.04. The van der Waals surface area contributed by atoms with Gasteiger partial charge in [-0.1, -0.05) is 0 Å². The number of hydrogen-bond donors (Lipinski definition) is 1. The number of Topliss-reactive ketones (excluding diaryl/α,β-unsaturated/α-hetero) is 1. The Morgan fingerprint density at radius 3 is 2.80 bits per heavy atom. The highest BCUT2D eigenvalue weighted by Gasteiger charge is 2.08. The Bertz CT molecular complexity index is 269. The second-order valence-corrected chi connectivity index (χ2v) is 2.22. The standard InChI is InChI=1S/C4H3N3O2S/c5-4-6-3(7-10-4)2(9)1-8/h1H,(H2,5,6,7). The first-order valence-corrected chi connectivity index (χ1v) is 3.10. The minimum absolute atomic E-state index is 0.127. The number of aromatic nitrogens is 2. The van der Waals surface area contributed by atoms with Crippen LogP contribution in [-0.4, -0.2) is 21.4 Å². The van der Waals surface area contributed by atoms with Crippen LogP contribution in [0.25, 0.3) is 0 Å². The summed E-state index contributed by atoms with van der Waals surface area (Å²) >= 11 is 0.885. The van der Waals surface area contributed by atoms with Crippen molar-refractivity contribution in [3.05, 3.63) is 5.82 Å². The van der Waals surface area contributed by atoms with E-state index < -0.39 is 5.78 Å². The third-order valence-corrected chi connectivity index (χ3v) is 1.31. The number of carbonyl (C=O) groups is 2. The molecule has 0 aliphatic heterocycles. The van der Waals surface area contributed by atoms with E-state index in [0.29, 0.717) is 0 Å². The number of nitrogen functional groups attached to an aromatic ring is 1. The van der Waals surface area contributed by atoms with Gasteiger partial charge in [0.25, 0.3) is 5.78 Å². The SMILES string of the molecule is Nc1nc(C(=O)C=O)ns1. The molecule has 1 aromatic heterocycles. The Labute approximate surface area is 60.0 Å². The summed E-state index contributed by atoms with van der Waals surface area (Å²) in [4.78, 5) is 23.8. The summed E-state index contributed by atoms with van der Waals surface area (Å²) in [6, 6.07) is 0. The van der Waals surface area contributed by atoms with Gasteiger partial charge in [-0.2, -0.15) is 9.36 Å². The number of carbonyl (C=O) groups excluding carboxylic acids is 2. The average molecular weight is 157 g/mol. The van der Waals surface area contributed by atoms with Crippen molar-refractivity contribution in [1.82, 2.24) is 9.36 Å². The van der Waals surface area contributed by atoms with Crippen LogP contribution in [0.3, 0.4) is 0 Å². The van der Waals surface area contributed by atoms with Crippen LogP contribution in [0.5, 0.6) is 0 Å². The van der Waals surface area contributed by atoms with Crippen LogP contribution in [0.15, 0.2) is 0 Å². The number of nitrogens with zero attached hydrogens (tertiary/aromatic N) is 2. The first kappa shape index (κ1) is 6.81. The maximum atomic E-state index is 10.5. The maximum absolute atomic E-state index is 10.5. The van der Waals surface area contributed by atoms with E-state index in [-0.39, 0.29) is 17.2 Å². The first-order valence-electron chi connectivity index (χ1n) is 2.32. The third-order valence-electron chi connectivity index (χ3n) is 0.769. The van der Waals surface area contributed by atoms with Gasteiger partial charge in [-0.05, 0) is 0 Å². The molecule has 10 heavy (non-hydrogen) atoms. The summed E-state index contributed by atoms with van der Waals surface area (Å²) < 4.78 is 3.51. The Hall–Kier alpha value is -1.30. The summed E-state index contributed by atoms with van der Waals surface area (Å²) in [5, 5.41) is 0.185. The van der Waals surface area contributed by atoms with Gasteiger partial charge in [0.2, 0.25) is 5.82 Å². The molecule has 1 heterocycles. The summed E-state index contributed by atoms with van der Waals surface area (Å²) in [5.74, 6) is -0.870. The smallest absolute Gasteiger partial charge is 0.263 e. The number of ketones is 1. The normalized spacial score (nSPS) is 9.20. The van der Waals surface area contributed by atoms with Crippen LogP contribution in [0.4, 0.5) is 5.13 Å². The molecule has 0 amide bonds. The molecule has 0 atom stereocenters. The minimum Gasteiger partial charge on any atom is -0.374 e. The molecular weight excluding hydrogens is 154 g/mol. The highest BCUT2D eigenvalue weighted by molar-refractivity contribution is 7.09. The van der Waals surface area contributed by atoms with Gasteiger partial charge in [0, 0.05) is 11.5 Å². The quantitative estimate of drug-likeness (QED) is 0.355. The van der Waals surface area contributed by atoms with E-state index in [9.17, 15) is 9.59 Å². The first-order chi connectivity index (χ1) is 4.74. The third kappa shape index (κ3) is 1.16. The Kier molecular flexibility index (Phi) is 1.72. The van der Waals surface area contributed by atoms with Crippen molar-refractivity contribution in [3.63, 3.8) is 0 Å². The van der Waals surface area contributed by atoms with Gasteiger partial charge in [-0.25, -0.2) is 0 Å². The molecule has 0 unspecified atom stereocenters. The molecule has 5 nitrogen and oxygen atoms in total. The molecule has 6 heteroatoms. The largest absolute Gasteiger partial charge is 0.374 e. The molecule has 1 rings (SSSR count). The molecule has 0 spiro atoms. The molecule has 0 bridgehead atoms. The molecule has 0 aliphatic rings. The number of anilines is 1. The number of hydrogen-bond acceptors (Lipinski definition) is 6. The number of nitrogens with two attached hydrogens (primary N) is 1. The predicted molar refractivity (Wildman–Crippen MR) is 34.7 cm³/mol. The zero-order chi connectivity index (χ0) is 7.56. The predicted octanol–water partition coefficient (Wildman–Crippen LogP) is -0.498. The van der Waals surface area contributed by atoms with Gasteiger partial charge in [0.1, 0.15) is 0 Å². The second-order valence-electron chi connectivity index (χ2n) is 1.44. The lowest BCUT2D eigenvalue weighted by molar-refractivity contribution is -0.104. The molecule has 0 saturated heterocycles. The van der Waals surface area contributed by atoms with Crippen molar-refractivity contribution in [1.29, 1.82) is 0 Å². The van der Waals surface area contributed by atoms with Gasteiger partial charge >= 0.3 is 0 Å². The van der Waals surface area contributed by atoms with Crippen molar-refractivity contribution in [2.45, 2.75) is 0 Å². The molecule has 0 aliphatic carbocycles. The monoisotopic (exact) mass is 157 g/mol. The highest BCUT2D eigenvalue weighted by atomic mass is 32.1. The summed E-state index contributed by atoms with van der Waals surface area (Å²) in [7, 11) is 0. The van der Waals surface area contributed by atoms with Crippen molar-refractivity contribution < 1.29 is 9.59 Å². The lowest BCUT2D eigenvalue weighted by Crippen LogP contribution is -2.02. The summed E-state index contributed by atoms with van der Waals surface area (Å²) in [6.45, 7) is 0. The second kappa shape index (κ2) is 2.53. The molecule has 0 radical (unpaired) electrons. The fourth-order valence-electron chi connectivity index (χ4n) is 0.388. The zero-order valence-electron chi connectivity index (χ0n) is 4.77. The van der Waals surface area contributed by atoms with E-state index in [1.807, 2.05) is 0 Å². The van der Waals surface area contributed by atoms with E-state index in [1.54, 1.807) is 0 Å². The average Bonchev–Trinajstić information content (AvgIpc) is 2.34. The van der Waals surface area contributed by atoms with Crippen molar-refractivity contribution in [3.8, 4) is 0 Å². The fourth-order valence-corrected chi connectivity index (χ4v) is 0.826. The van der Waals surface area contributed by atoms with Gasteiger partial charge in [0.05, 0.1) is 0 Å². The van der Waals surface area contributed by atoms with Crippen LogP contribution in [-0.2, 0) is 4.79 Å². The zero-order valence-corrected chi connectivity index (χ0v) is 5.59. The van der Waals surface area contributed by atoms with Crippen LogP contribution >= 0.6 is 11.5 Å². The summed E-state index contributed by atoms with van der Waals surface area (Å²) in [5.41, 5.74) is 5.15. The van der Waals surface area contributed by atoms with Gasteiger partial charge < -0.3 is 5.73 Å². The molecular formula is C4H3N3O2S. The number of rotatable bonds is 2. The van der Waals surface area contributed by atoms with E-state index in [2.05, 4.69) is 9.36 Å². The van der Waals surface area contributed by atoms with E-state index in [0.717, 1.165) is 11.5 Å². The van der Waals surface area contributed by atoms with Crippen LogP contribution in [0.1, 0.15) is 10.6 Å². The van der Waals surface area contributed by atoms with E-state index in [1.165, 1.54) is 0 Å². The molecule has 0 aromatic carbocycles. The van der Waals surface area contributed by atoms with Gasteiger partial charge in [-0.3, -0.25) is 9.59 Å². The van der Waals surface area contributed by atoms with Crippen LogP contribution in [0, 0.1) is 0 Å². The van der Waals surface area contributed by atoms with Crippen molar-refractivity contribution in [2.75, 3.05) is 5.73 Å². The molecule has 1 aromatic rings. The maximum Gasteiger partial charge on any atom is 0.263 e. The van der Waals surface area contributed by atoms with Crippen molar-refractivity contribution in [2.24, 2.45) is 0 Å². The summed E-state index contributed by atoms with van der Waals surface area (Å²) in [6.07, 6.45) is 0.154. The lowest BCUT2D eigenvalue weighted by Gasteiger charge is -1.77. The van der Waals surface area contributed by atoms with Crippen molar-refractivity contribution >= 4 is 28.7 Å². The van der Waals surface area contributed by atoms with E-state index in [4.69, 9.17) is 5.73 Å². The molecule has 52 valence electrons. The Morgan fingerprint density at radius 2 is 2.40 bits per heavy atom. The van der Waals surface area contributed by atoms with Gasteiger partial charge in [-0.15, -0.1) is 0 Å². The van der Waals surface area contributed by atoms with Crippen LogP contribution < -0.4 is 5.73 Å². The minimum atomic E-state index is -0.743. The Balaban J connectivity index is 2.95. The molecule has 0 saturated carbocycles. The lowest BCUT2D eigenvalue weighted by atomic mass is 10.4. The fraction of sp³-hybridized carbons (Fsp3) is 0.